The normalized spacial score (nSPS) is 12.6. The summed E-state index contributed by atoms with van der Waals surface area (Å²) in [4.78, 5) is 4.13. The molecule has 0 saturated carbocycles. The highest BCUT2D eigenvalue weighted by molar-refractivity contribution is 5.83. The zero-order valence-corrected chi connectivity index (χ0v) is 10.5. The second-order valence-electron chi connectivity index (χ2n) is 3.84. The topological polar surface area (TPSA) is 59.6 Å². The van der Waals surface area contributed by atoms with Crippen molar-refractivity contribution in [2.75, 3.05) is 20.3 Å². The minimum atomic E-state index is -4.32. The van der Waals surface area contributed by atoms with Crippen molar-refractivity contribution in [3.8, 4) is 0 Å². The van der Waals surface area contributed by atoms with Gasteiger partial charge in [-0.2, -0.15) is 13.2 Å². The van der Waals surface area contributed by atoms with Gasteiger partial charge in [0, 0.05) is 13.5 Å². The van der Waals surface area contributed by atoms with Crippen LogP contribution in [-0.4, -0.2) is 26.1 Å². The molecule has 0 spiro atoms. The van der Waals surface area contributed by atoms with Crippen LogP contribution in [-0.2, 0) is 17.3 Å². The van der Waals surface area contributed by atoms with Gasteiger partial charge in [-0.3, -0.25) is 4.99 Å². The Morgan fingerprint density at radius 2 is 1.95 bits per heavy atom. The number of halogens is 3. The number of nitrogens with two attached hydrogens (primary N) is 1. The minimum absolute atomic E-state index is 0.346. The molecule has 0 amide bonds. The number of rotatable bonds is 5. The largest absolute Gasteiger partial charge is 0.416 e. The van der Waals surface area contributed by atoms with Gasteiger partial charge in [0.2, 0.25) is 0 Å². The molecule has 0 unspecified atom stereocenters. The van der Waals surface area contributed by atoms with Crippen LogP contribution < -0.4 is 11.3 Å². The molecule has 0 aromatic heterocycles. The Kier molecular flexibility index (Phi) is 5.78. The van der Waals surface area contributed by atoms with E-state index in [0.717, 1.165) is 12.1 Å². The Morgan fingerprint density at radius 1 is 1.32 bits per heavy atom. The molecule has 1 aromatic carbocycles. The molecule has 0 heterocycles. The maximum absolute atomic E-state index is 12.4. The molecule has 106 valence electrons. The van der Waals surface area contributed by atoms with Gasteiger partial charge in [0.15, 0.2) is 0 Å². The summed E-state index contributed by atoms with van der Waals surface area (Å²) >= 11 is 0. The van der Waals surface area contributed by atoms with E-state index in [9.17, 15) is 13.2 Å². The molecular formula is C12H16F3N3O. The molecule has 1 rings (SSSR count). The van der Waals surface area contributed by atoms with Gasteiger partial charge in [0.1, 0.15) is 5.84 Å². The number of hydrazine groups is 1. The first-order valence-electron chi connectivity index (χ1n) is 5.62. The van der Waals surface area contributed by atoms with E-state index in [0.29, 0.717) is 31.0 Å². The molecule has 3 N–H and O–H groups in total. The average Bonchev–Trinajstić information content (AvgIpc) is 2.37. The third-order valence-corrected chi connectivity index (χ3v) is 2.42. The number of amidine groups is 1. The van der Waals surface area contributed by atoms with E-state index < -0.39 is 11.7 Å². The summed E-state index contributed by atoms with van der Waals surface area (Å²) in [7, 11) is 1.56. The second-order valence-corrected chi connectivity index (χ2v) is 3.84. The van der Waals surface area contributed by atoms with E-state index in [2.05, 4.69) is 10.4 Å². The van der Waals surface area contributed by atoms with Gasteiger partial charge in [0.25, 0.3) is 0 Å². The Hall–Kier alpha value is -1.60. The number of methoxy groups -OCH3 is 1. The van der Waals surface area contributed by atoms with E-state index in [1.165, 1.54) is 12.1 Å². The highest BCUT2D eigenvalue weighted by atomic mass is 19.4. The van der Waals surface area contributed by atoms with Crippen LogP contribution in [0.2, 0.25) is 0 Å². The maximum Gasteiger partial charge on any atom is 0.416 e. The molecule has 0 aliphatic heterocycles. The van der Waals surface area contributed by atoms with Crippen LogP contribution >= 0.6 is 0 Å². The molecule has 7 heteroatoms. The molecule has 0 aliphatic rings. The van der Waals surface area contributed by atoms with Crippen molar-refractivity contribution in [2.45, 2.75) is 12.6 Å². The second kappa shape index (κ2) is 7.10. The highest BCUT2D eigenvalue weighted by Gasteiger charge is 2.29. The molecule has 0 saturated heterocycles. The number of ether oxygens (including phenoxy) is 1. The summed E-state index contributed by atoms with van der Waals surface area (Å²) < 4.78 is 42.0. The van der Waals surface area contributed by atoms with E-state index in [1.807, 2.05) is 0 Å². The molecule has 19 heavy (non-hydrogen) atoms. The lowest BCUT2D eigenvalue weighted by atomic mass is 10.1. The van der Waals surface area contributed by atoms with Crippen LogP contribution in [0.4, 0.5) is 13.2 Å². The minimum Gasteiger partial charge on any atom is -0.383 e. The summed E-state index contributed by atoms with van der Waals surface area (Å²) in [5.41, 5.74) is 2.45. The van der Waals surface area contributed by atoms with E-state index in [4.69, 9.17) is 10.6 Å². The lowest BCUT2D eigenvalue weighted by molar-refractivity contribution is -0.137. The van der Waals surface area contributed by atoms with Crippen LogP contribution in [0.15, 0.2) is 29.3 Å². The van der Waals surface area contributed by atoms with Gasteiger partial charge in [-0.1, -0.05) is 12.1 Å². The van der Waals surface area contributed by atoms with E-state index in [-0.39, 0.29) is 0 Å². The predicted octanol–water partition coefficient (Wildman–Crippen LogP) is 1.76. The molecule has 4 nitrogen and oxygen atoms in total. The van der Waals surface area contributed by atoms with Gasteiger partial charge in [-0.25, -0.2) is 5.84 Å². The Balaban J connectivity index is 2.68. The van der Waals surface area contributed by atoms with Crippen molar-refractivity contribution in [3.05, 3.63) is 35.4 Å². The van der Waals surface area contributed by atoms with Crippen molar-refractivity contribution in [1.29, 1.82) is 0 Å². The van der Waals surface area contributed by atoms with Crippen molar-refractivity contribution in [1.82, 2.24) is 5.43 Å². The number of aliphatic imine (C=N–C) groups is 1. The fraction of sp³-hybridized carbons (Fsp3) is 0.417. The monoisotopic (exact) mass is 275 g/mol. The third kappa shape index (κ3) is 5.27. The number of hydrogen-bond donors (Lipinski definition) is 2. The molecule has 1 aromatic rings. The van der Waals surface area contributed by atoms with E-state index in [1.54, 1.807) is 7.11 Å². The lowest BCUT2D eigenvalue weighted by Gasteiger charge is -2.09. The number of nitrogens with one attached hydrogen (secondary N) is 1. The molecule has 0 radical (unpaired) electrons. The molecule has 0 atom stereocenters. The summed E-state index contributed by atoms with van der Waals surface area (Å²) in [6.07, 6.45) is -3.97. The maximum atomic E-state index is 12.4. The van der Waals surface area contributed by atoms with Crippen molar-refractivity contribution >= 4 is 5.84 Å². The summed E-state index contributed by atoms with van der Waals surface area (Å²) in [6, 6.07) is 4.90. The number of alkyl halides is 3. The van der Waals surface area contributed by atoms with Crippen LogP contribution in [0.1, 0.15) is 11.1 Å². The smallest absolute Gasteiger partial charge is 0.383 e. The third-order valence-electron chi connectivity index (χ3n) is 2.42. The van der Waals surface area contributed by atoms with Crippen LogP contribution in [0.3, 0.4) is 0 Å². The van der Waals surface area contributed by atoms with Crippen molar-refractivity contribution in [2.24, 2.45) is 10.8 Å². The van der Waals surface area contributed by atoms with Gasteiger partial charge < -0.3 is 10.2 Å². The number of hydrogen-bond acceptors (Lipinski definition) is 3. The lowest BCUT2D eigenvalue weighted by Crippen LogP contribution is -2.32. The zero-order valence-electron chi connectivity index (χ0n) is 10.5. The van der Waals surface area contributed by atoms with Crippen molar-refractivity contribution in [3.63, 3.8) is 0 Å². The van der Waals surface area contributed by atoms with Gasteiger partial charge >= 0.3 is 6.18 Å². The number of nitrogens with zero attached hydrogens (tertiary/aromatic N) is 1. The first-order valence-corrected chi connectivity index (χ1v) is 5.62. The molecular weight excluding hydrogens is 259 g/mol. The van der Waals surface area contributed by atoms with Crippen LogP contribution in [0.5, 0.6) is 0 Å². The number of benzene rings is 1. The Bertz CT molecular complexity index is 415. The standard InChI is InChI=1S/C12H16F3N3O/c1-19-7-6-17-11(18-16)8-9-2-4-10(5-3-9)12(13,14)15/h2-5H,6-8,16H2,1H3,(H,17,18). The molecule has 0 fully saturated rings. The summed E-state index contributed by atoms with van der Waals surface area (Å²) in [5, 5.41) is 0. The predicted molar refractivity (Wildman–Crippen MR) is 66.6 cm³/mol. The average molecular weight is 275 g/mol. The van der Waals surface area contributed by atoms with Gasteiger partial charge in [-0.15, -0.1) is 0 Å². The fourth-order valence-corrected chi connectivity index (χ4v) is 1.43. The highest BCUT2D eigenvalue weighted by Crippen LogP contribution is 2.29. The Labute approximate surface area is 109 Å². The summed E-state index contributed by atoms with van der Waals surface area (Å²) in [6.45, 7) is 0.898. The van der Waals surface area contributed by atoms with Gasteiger partial charge in [-0.05, 0) is 17.7 Å². The zero-order chi connectivity index (χ0) is 14.3. The van der Waals surface area contributed by atoms with Gasteiger partial charge in [0.05, 0.1) is 18.7 Å². The SMILES string of the molecule is COCCN=C(Cc1ccc(C(F)(F)F)cc1)NN. The molecule has 0 aliphatic carbocycles. The Morgan fingerprint density at radius 3 is 2.42 bits per heavy atom. The fourth-order valence-electron chi connectivity index (χ4n) is 1.43. The quantitative estimate of drug-likeness (QED) is 0.283. The van der Waals surface area contributed by atoms with E-state index >= 15 is 0 Å². The van der Waals surface area contributed by atoms with Crippen LogP contribution in [0.25, 0.3) is 0 Å². The first kappa shape index (κ1) is 15.5. The van der Waals surface area contributed by atoms with Crippen molar-refractivity contribution < 1.29 is 17.9 Å². The first-order chi connectivity index (χ1) is 8.97. The van der Waals surface area contributed by atoms with Crippen LogP contribution in [0, 0.1) is 0 Å². The molecule has 0 bridgehead atoms. The summed E-state index contributed by atoms with van der Waals surface area (Å²) in [5.74, 6) is 5.80.